The first-order valence-electron chi connectivity index (χ1n) is 8.16. The van der Waals surface area contributed by atoms with Crippen LogP contribution in [-0.4, -0.2) is 28.1 Å². The number of rotatable bonds is 7. The molecule has 1 aromatic heterocycles. The Morgan fingerprint density at radius 1 is 1.39 bits per heavy atom. The molecular formula is C18H23N3O2. The SMILES string of the molecule is Cc1cnc(C2CC2)n1CCNC(=O)C(C)Oc1ccccc1. The molecule has 1 amide bonds. The van der Waals surface area contributed by atoms with Crippen LogP contribution in [0.3, 0.4) is 0 Å². The summed E-state index contributed by atoms with van der Waals surface area (Å²) in [5.41, 5.74) is 1.15. The van der Waals surface area contributed by atoms with E-state index < -0.39 is 6.10 Å². The summed E-state index contributed by atoms with van der Waals surface area (Å²) in [6.07, 6.45) is 3.86. The van der Waals surface area contributed by atoms with Gasteiger partial charge in [-0.3, -0.25) is 4.79 Å². The van der Waals surface area contributed by atoms with Crippen molar-refractivity contribution in [1.29, 1.82) is 0 Å². The van der Waals surface area contributed by atoms with Crippen molar-refractivity contribution >= 4 is 5.91 Å². The molecule has 23 heavy (non-hydrogen) atoms. The summed E-state index contributed by atoms with van der Waals surface area (Å²) < 4.78 is 7.84. The Balaban J connectivity index is 1.48. The van der Waals surface area contributed by atoms with Crippen molar-refractivity contribution in [2.45, 2.75) is 45.3 Å². The molecule has 2 aromatic rings. The van der Waals surface area contributed by atoms with Gasteiger partial charge in [-0.15, -0.1) is 0 Å². The highest BCUT2D eigenvalue weighted by atomic mass is 16.5. The van der Waals surface area contributed by atoms with Crippen LogP contribution in [0.15, 0.2) is 36.5 Å². The molecule has 1 aliphatic carbocycles. The number of benzene rings is 1. The van der Waals surface area contributed by atoms with Crippen LogP contribution in [0.4, 0.5) is 0 Å². The van der Waals surface area contributed by atoms with E-state index in [1.165, 1.54) is 12.8 Å². The quantitative estimate of drug-likeness (QED) is 0.855. The van der Waals surface area contributed by atoms with Crippen LogP contribution in [0.5, 0.6) is 5.75 Å². The van der Waals surface area contributed by atoms with Crippen LogP contribution in [-0.2, 0) is 11.3 Å². The molecular weight excluding hydrogens is 290 g/mol. The molecule has 0 saturated heterocycles. The number of nitrogens with zero attached hydrogens (tertiary/aromatic N) is 2. The lowest BCUT2D eigenvalue weighted by atomic mass is 10.3. The first-order valence-corrected chi connectivity index (χ1v) is 8.16. The van der Waals surface area contributed by atoms with Crippen LogP contribution >= 0.6 is 0 Å². The van der Waals surface area contributed by atoms with E-state index in [2.05, 4.69) is 21.8 Å². The second kappa shape index (κ2) is 6.86. The van der Waals surface area contributed by atoms with E-state index in [1.54, 1.807) is 6.92 Å². The summed E-state index contributed by atoms with van der Waals surface area (Å²) in [6, 6.07) is 9.39. The number of ether oxygens (including phenoxy) is 1. The van der Waals surface area contributed by atoms with Gasteiger partial charge in [-0.2, -0.15) is 0 Å². The lowest BCUT2D eigenvalue weighted by Gasteiger charge is -2.15. The van der Waals surface area contributed by atoms with Gasteiger partial charge in [0.2, 0.25) is 0 Å². The molecule has 1 aromatic carbocycles. The van der Waals surface area contributed by atoms with Gasteiger partial charge in [0.15, 0.2) is 6.10 Å². The summed E-state index contributed by atoms with van der Waals surface area (Å²) in [4.78, 5) is 16.6. The Kier molecular flexibility index (Phi) is 4.65. The van der Waals surface area contributed by atoms with E-state index >= 15 is 0 Å². The van der Waals surface area contributed by atoms with Crippen LogP contribution in [0.1, 0.15) is 37.2 Å². The van der Waals surface area contributed by atoms with Crippen molar-refractivity contribution in [2.24, 2.45) is 0 Å². The van der Waals surface area contributed by atoms with Crippen molar-refractivity contribution in [3.8, 4) is 5.75 Å². The van der Waals surface area contributed by atoms with Crippen molar-refractivity contribution in [3.05, 3.63) is 48.0 Å². The fraction of sp³-hybridized carbons (Fsp3) is 0.444. The molecule has 5 nitrogen and oxygen atoms in total. The minimum absolute atomic E-state index is 0.0976. The molecule has 122 valence electrons. The molecule has 0 spiro atoms. The van der Waals surface area contributed by atoms with E-state index in [-0.39, 0.29) is 5.91 Å². The van der Waals surface area contributed by atoms with Crippen LogP contribution < -0.4 is 10.1 Å². The highest BCUT2D eigenvalue weighted by molar-refractivity contribution is 5.80. The van der Waals surface area contributed by atoms with Crippen LogP contribution in [0.2, 0.25) is 0 Å². The predicted octanol–water partition coefficient (Wildman–Crippen LogP) is 2.65. The molecule has 1 saturated carbocycles. The maximum absolute atomic E-state index is 12.1. The van der Waals surface area contributed by atoms with Crippen molar-refractivity contribution in [3.63, 3.8) is 0 Å². The Labute approximate surface area is 136 Å². The summed E-state index contributed by atoms with van der Waals surface area (Å²) in [6.45, 7) is 5.15. The number of hydrogen-bond acceptors (Lipinski definition) is 3. The Hall–Kier alpha value is -2.30. The lowest BCUT2D eigenvalue weighted by Crippen LogP contribution is -2.38. The molecule has 1 aliphatic rings. The predicted molar refractivity (Wildman–Crippen MR) is 88.5 cm³/mol. The molecule has 0 bridgehead atoms. The third-order valence-electron chi connectivity index (χ3n) is 4.09. The van der Waals surface area contributed by atoms with Gasteiger partial charge in [0, 0.05) is 30.9 Å². The molecule has 1 atom stereocenters. The number of amides is 1. The molecule has 1 fully saturated rings. The largest absolute Gasteiger partial charge is 0.481 e. The molecule has 1 unspecified atom stereocenters. The monoisotopic (exact) mass is 313 g/mol. The number of hydrogen-bond donors (Lipinski definition) is 1. The van der Waals surface area contributed by atoms with E-state index in [0.717, 1.165) is 18.1 Å². The summed E-state index contributed by atoms with van der Waals surface area (Å²) >= 11 is 0. The summed E-state index contributed by atoms with van der Waals surface area (Å²) in [5, 5.41) is 2.94. The van der Waals surface area contributed by atoms with E-state index in [1.807, 2.05) is 36.5 Å². The van der Waals surface area contributed by atoms with E-state index in [4.69, 9.17) is 4.74 Å². The number of carbonyl (C=O) groups is 1. The van der Waals surface area contributed by atoms with Crippen molar-refractivity contribution in [1.82, 2.24) is 14.9 Å². The van der Waals surface area contributed by atoms with Gasteiger partial charge in [-0.25, -0.2) is 4.98 Å². The highest BCUT2D eigenvalue weighted by Gasteiger charge is 2.28. The number of imidazole rings is 1. The third-order valence-corrected chi connectivity index (χ3v) is 4.09. The second-order valence-electron chi connectivity index (χ2n) is 6.05. The Bertz CT molecular complexity index is 662. The zero-order valence-electron chi connectivity index (χ0n) is 13.7. The fourth-order valence-electron chi connectivity index (χ4n) is 2.63. The molecule has 5 heteroatoms. The van der Waals surface area contributed by atoms with Gasteiger partial charge >= 0.3 is 0 Å². The van der Waals surface area contributed by atoms with Gasteiger partial charge in [0.05, 0.1) is 0 Å². The van der Waals surface area contributed by atoms with Crippen LogP contribution in [0, 0.1) is 6.92 Å². The van der Waals surface area contributed by atoms with Crippen molar-refractivity contribution in [2.75, 3.05) is 6.54 Å². The average molecular weight is 313 g/mol. The maximum atomic E-state index is 12.1. The normalized spacial score (nSPS) is 15.2. The Morgan fingerprint density at radius 2 is 2.13 bits per heavy atom. The van der Waals surface area contributed by atoms with E-state index in [9.17, 15) is 4.79 Å². The standard InChI is InChI=1S/C18H23N3O2/c1-13-12-20-17(15-8-9-15)21(13)11-10-19-18(22)14(2)23-16-6-4-3-5-7-16/h3-7,12,14-15H,8-11H2,1-2H3,(H,19,22). The first kappa shape index (κ1) is 15.6. The molecule has 1 N–H and O–H groups in total. The second-order valence-corrected chi connectivity index (χ2v) is 6.05. The van der Waals surface area contributed by atoms with Gasteiger partial charge in [-0.1, -0.05) is 18.2 Å². The van der Waals surface area contributed by atoms with Gasteiger partial charge in [0.25, 0.3) is 5.91 Å². The molecule has 3 rings (SSSR count). The number of para-hydroxylation sites is 1. The van der Waals surface area contributed by atoms with Gasteiger partial charge in [-0.05, 0) is 38.8 Å². The Morgan fingerprint density at radius 3 is 2.83 bits per heavy atom. The first-order chi connectivity index (χ1) is 11.1. The number of aromatic nitrogens is 2. The zero-order chi connectivity index (χ0) is 16.2. The topological polar surface area (TPSA) is 56.2 Å². The zero-order valence-corrected chi connectivity index (χ0v) is 13.7. The van der Waals surface area contributed by atoms with Gasteiger partial charge < -0.3 is 14.6 Å². The minimum Gasteiger partial charge on any atom is -0.481 e. The molecule has 1 heterocycles. The fourth-order valence-corrected chi connectivity index (χ4v) is 2.63. The summed E-state index contributed by atoms with van der Waals surface area (Å²) in [7, 11) is 0. The smallest absolute Gasteiger partial charge is 0.260 e. The molecule has 0 aliphatic heterocycles. The van der Waals surface area contributed by atoms with Crippen molar-refractivity contribution < 1.29 is 9.53 Å². The number of carbonyl (C=O) groups excluding carboxylic acids is 1. The molecule has 0 radical (unpaired) electrons. The average Bonchev–Trinajstić information content (AvgIpc) is 3.33. The van der Waals surface area contributed by atoms with E-state index in [0.29, 0.717) is 18.2 Å². The van der Waals surface area contributed by atoms with Gasteiger partial charge in [0.1, 0.15) is 11.6 Å². The summed E-state index contributed by atoms with van der Waals surface area (Å²) in [5.74, 6) is 2.38. The minimum atomic E-state index is -0.510. The number of aryl methyl sites for hydroxylation is 1. The number of nitrogens with one attached hydrogen (secondary N) is 1. The maximum Gasteiger partial charge on any atom is 0.260 e. The van der Waals surface area contributed by atoms with Crippen LogP contribution in [0.25, 0.3) is 0 Å². The highest BCUT2D eigenvalue weighted by Crippen LogP contribution is 2.39. The third kappa shape index (κ3) is 3.92. The lowest BCUT2D eigenvalue weighted by molar-refractivity contribution is -0.127.